The zero-order chi connectivity index (χ0) is 13.0. The summed E-state index contributed by atoms with van der Waals surface area (Å²) in [4.78, 5) is 22.3. The van der Waals surface area contributed by atoms with Crippen LogP contribution >= 0.6 is 11.6 Å². The molecular weight excluding hydrogens is 244 g/mol. The van der Waals surface area contributed by atoms with Crippen molar-refractivity contribution in [3.8, 4) is 0 Å². The number of anilines is 1. The predicted octanol–water partition coefficient (Wildman–Crippen LogP) is 0.765. The second-order valence-electron chi connectivity index (χ2n) is 3.86. The SMILES string of the molecule is CC(C)n1ncc(NCCC(N)=O)c(Cl)c1=O. The summed E-state index contributed by atoms with van der Waals surface area (Å²) in [6.07, 6.45) is 1.63. The Morgan fingerprint density at radius 2 is 2.29 bits per heavy atom. The number of rotatable bonds is 5. The van der Waals surface area contributed by atoms with Crippen LogP contribution in [-0.2, 0) is 4.79 Å². The number of hydrogen-bond acceptors (Lipinski definition) is 4. The Morgan fingerprint density at radius 3 is 2.82 bits per heavy atom. The molecule has 0 aliphatic heterocycles. The molecule has 6 nitrogen and oxygen atoms in total. The highest BCUT2D eigenvalue weighted by atomic mass is 35.5. The average molecular weight is 259 g/mol. The smallest absolute Gasteiger partial charge is 0.287 e. The maximum Gasteiger partial charge on any atom is 0.287 e. The molecule has 0 aliphatic rings. The third-order valence-corrected chi connectivity index (χ3v) is 2.48. The minimum atomic E-state index is -0.419. The summed E-state index contributed by atoms with van der Waals surface area (Å²) >= 11 is 5.91. The van der Waals surface area contributed by atoms with Crippen molar-refractivity contribution in [2.24, 2.45) is 5.73 Å². The molecule has 0 atom stereocenters. The van der Waals surface area contributed by atoms with E-state index in [1.54, 1.807) is 0 Å². The Hall–Kier alpha value is -1.56. The summed E-state index contributed by atoms with van der Waals surface area (Å²) in [7, 11) is 0. The Balaban J connectivity index is 2.86. The van der Waals surface area contributed by atoms with E-state index < -0.39 is 5.91 Å². The lowest BCUT2D eigenvalue weighted by Crippen LogP contribution is -2.26. The normalized spacial score (nSPS) is 10.6. The lowest BCUT2D eigenvalue weighted by atomic mass is 10.3. The van der Waals surface area contributed by atoms with Gasteiger partial charge in [-0.05, 0) is 13.8 Å². The zero-order valence-electron chi connectivity index (χ0n) is 9.74. The number of nitrogens with zero attached hydrogens (tertiary/aromatic N) is 2. The van der Waals surface area contributed by atoms with Crippen molar-refractivity contribution in [2.45, 2.75) is 26.3 Å². The summed E-state index contributed by atoms with van der Waals surface area (Å²) < 4.78 is 1.29. The fourth-order valence-electron chi connectivity index (χ4n) is 1.26. The zero-order valence-corrected chi connectivity index (χ0v) is 10.5. The molecule has 0 saturated carbocycles. The number of amides is 1. The van der Waals surface area contributed by atoms with Gasteiger partial charge in [0.05, 0.1) is 17.9 Å². The highest BCUT2D eigenvalue weighted by Gasteiger charge is 2.10. The van der Waals surface area contributed by atoms with Crippen molar-refractivity contribution in [1.29, 1.82) is 0 Å². The van der Waals surface area contributed by atoms with Gasteiger partial charge in [-0.25, -0.2) is 4.68 Å². The summed E-state index contributed by atoms with van der Waals surface area (Å²) in [6.45, 7) is 4.00. The van der Waals surface area contributed by atoms with Crippen LogP contribution < -0.4 is 16.6 Å². The van der Waals surface area contributed by atoms with E-state index in [4.69, 9.17) is 17.3 Å². The molecule has 0 saturated heterocycles. The minimum absolute atomic E-state index is 0.0559. The number of halogens is 1. The molecule has 0 aromatic carbocycles. The van der Waals surface area contributed by atoms with Gasteiger partial charge < -0.3 is 11.1 Å². The van der Waals surface area contributed by atoms with Gasteiger partial charge >= 0.3 is 0 Å². The molecule has 1 aromatic rings. The van der Waals surface area contributed by atoms with E-state index in [0.29, 0.717) is 12.2 Å². The number of aromatic nitrogens is 2. The first kappa shape index (κ1) is 13.5. The molecule has 0 aliphatic carbocycles. The molecule has 1 aromatic heterocycles. The Bertz CT molecular complexity index is 470. The number of hydrogen-bond donors (Lipinski definition) is 2. The maximum atomic E-state index is 11.8. The van der Waals surface area contributed by atoms with E-state index in [0.717, 1.165) is 0 Å². The van der Waals surface area contributed by atoms with Crippen molar-refractivity contribution < 1.29 is 4.79 Å². The number of nitrogens with two attached hydrogens (primary N) is 1. The van der Waals surface area contributed by atoms with Crippen molar-refractivity contribution in [1.82, 2.24) is 9.78 Å². The highest BCUT2D eigenvalue weighted by Crippen LogP contribution is 2.16. The molecule has 1 amide bonds. The van der Waals surface area contributed by atoms with Crippen molar-refractivity contribution in [2.75, 3.05) is 11.9 Å². The van der Waals surface area contributed by atoms with Crippen LogP contribution in [0.3, 0.4) is 0 Å². The van der Waals surface area contributed by atoms with E-state index in [1.807, 2.05) is 13.8 Å². The fourth-order valence-corrected chi connectivity index (χ4v) is 1.46. The van der Waals surface area contributed by atoms with Gasteiger partial charge in [0, 0.05) is 13.0 Å². The first-order valence-corrected chi connectivity index (χ1v) is 5.60. The number of carbonyl (C=O) groups is 1. The second kappa shape index (κ2) is 5.67. The van der Waals surface area contributed by atoms with Crippen molar-refractivity contribution in [3.63, 3.8) is 0 Å². The van der Waals surface area contributed by atoms with Crippen LogP contribution in [0, 0.1) is 0 Å². The third-order valence-electron chi connectivity index (χ3n) is 2.12. The second-order valence-corrected chi connectivity index (χ2v) is 4.24. The van der Waals surface area contributed by atoms with Crippen LogP contribution in [0.4, 0.5) is 5.69 Å². The highest BCUT2D eigenvalue weighted by molar-refractivity contribution is 6.32. The first-order chi connectivity index (χ1) is 7.93. The van der Waals surface area contributed by atoms with Gasteiger partial charge in [-0.1, -0.05) is 11.6 Å². The van der Waals surface area contributed by atoms with Crippen molar-refractivity contribution in [3.05, 3.63) is 21.6 Å². The van der Waals surface area contributed by atoms with E-state index in [1.165, 1.54) is 10.9 Å². The van der Waals surface area contributed by atoms with Gasteiger partial charge in [0.15, 0.2) is 0 Å². The van der Waals surface area contributed by atoms with Gasteiger partial charge in [0.2, 0.25) is 5.91 Å². The van der Waals surface area contributed by atoms with Crippen LogP contribution in [0.5, 0.6) is 0 Å². The molecule has 7 heteroatoms. The van der Waals surface area contributed by atoms with E-state index >= 15 is 0 Å². The quantitative estimate of drug-likeness (QED) is 0.816. The molecule has 0 unspecified atom stereocenters. The Morgan fingerprint density at radius 1 is 1.65 bits per heavy atom. The molecule has 0 fully saturated rings. The largest absolute Gasteiger partial charge is 0.382 e. The molecule has 1 heterocycles. The van der Waals surface area contributed by atoms with Crippen LogP contribution in [0.1, 0.15) is 26.3 Å². The number of primary amides is 1. The first-order valence-electron chi connectivity index (χ1n) is 5.23. The van der Waals surface area contributed by atoms with Crippen LogP contribution in [0.2, 0.25) is 5.02 Å². The topological polar surface area (TPSA) is 90.0 Å². The average Bonchev–Trinajstić information content (AvgIpc) is 2.23. The van der Waals surface area contributed by atoms with Gasteiger partial charge in [-0.15, -0.1) is 0 Å². The summed E-state index contributed by atoms with van der Waals surface area (Å²) in [5, 5.41) is 6.89. The minimum Gasteiger partial charge on any atom is -0.382 e. The fraction of sp³-hybridized carbons (Fsp3) is 0.500. The molecule has 17 heavy (non-hydrogen) atoms. The summed E-state index contributed by atoms with van der Waals surface area (Å²) in [5.74, 6) is -0.419. The van der Waals surface area contributed by atoms with E-state index in [9.17, 15) is 9.59 Å². The monoisotopic (exact) mass is 258 g/mol. The molecule has 3 N–H and O–H groups in total. The standard InChI is InChI=1S/C10H15ClN4O2/c1-6(2)15-10(17)9(11)7(5-14-15)13-4-3-8(12)16/h5-6,13H,3-4H2,1-2H3,(H2,12,16). The number of carbonyl (C=O) groups excluding carboxylic acids is 1. The van der Waals surface area contributed by atoms with Crippen LogP contribution in [0.25, 0.3) is 0 Å². The molecule has 0 bridgehead atoms. The number of nitrogens with one attached hydrogen (secondary N) is 1. The molecule has 0 spiro atoms. The lowest BCUT2D eigenvalue weighted by molar-refractivity contribution is -0.117. The van der Waals surface area contributed by atoms with Gasteiger partial charge in [-0.3, -0.25) is 9.59 Å². The van der Waals surface area contributed by atoms with Gasteiger partial charge in [0.1, 0.15) is 5.02 Å². The Kier molecular flexibility index (Phi) is 4.51. The van der Waals surface area contributed by atoms with E-state index in [-0.39, 0.29) is 23.0 Å². The van der Waals surface area contributed by atoms with Gasteiger partial charge in [-0.2, -0.15) is 5.10 Å². The molecular formula is C10H15ClN4O2. The molecule has 1 rings (SSSR count). The van der Waals surface area contributed by atoms with Crippen molar-refractivity contribution >= 4 is 23.2 Å². The molecule has 0 radical (unpaired) electrons. The summed E-state index contributed by atoms with van der Waals surface area (Å²) in [6, 6.07) is -0.0559. The lowest BCUT2D eigenvalue weighted by Gasteiger charge is -2.11. The third kappa shape index (κ3) is 3.45. The maximum absolute atomic E-state index is 11.8. The summed E-state index contributed by atoms with van der Waals surface area (Å²) in [5.41, 5.74) is 5.05. The van der Waals surface area contributed by atoms with Crippen LogP contribution in [-0.4, -0.2) is 22.2 Å². The predicted molar refractivity (Wildman–Crippen MR) is 66.2 cm³/mol. The Labute approximate surface area is 104 Å². The molecule has 94 valence electrons. The van der Waals surface area contributed by atoms with E-state index in [2.05, 4.69) is 10.4 Å². The van der Waals surface area contributed by atoms with Gasteiger partial charge in [0.25, 0.3) is 5.56 Å². The van der Waals surface area contributed by atoms with Crippen LogP contribution in [0.15, 0.2) is 11.0 Å².